The van der Waals surface area contributed by atoms with Crippen molar-refractivity contribution in [2.75, 3.05) is 76.3 Å². The van der Waals surface area contributed by atoms with Gasteiger partial charge in [-0.05, 0) is 199 Å². The molecule has 10 heterocycles. The summed E-state index contributed by atoms with van der Waals surface area (Å²) in [7, 11) is 0. The fraction of sp³-hybridized carbons (Fsp3) is 0.429. The Hall–Kier alpha value is -11.4. The minimum Gasteiger partial charge on any atom is -0.444 e. The molecule has 4 aromatic carbocycles. The van der Waals surface area contributed by atoms with Crippen LogP contribution in [0.5, 0.6) is 0 Å². The molecule has 4 aliphatic heterocycles. The fourth-order valence-electron chi connectivity index (χ4n) is 15.2. The second-order valence-electron chi connectivity index (χ2n) is 31.6. The molecular formula is C91H114N18O9. The van der Waals surface area contributed by atoms with E-state index in [1.807, 2.05) is 98.8 Å². The van der Waals surface area contributed by atoms with E-state index in [-0.39, 0.29) is 78.3 Å². The smallest absolute Gasteiger partial charge is 0.410 e. The molecule has 14 rings (SSSR count). The van der Waals surface area contributed by atoms with Gasteiger partial charge in [-0.15, -0.1) is 0 Å². The van der Waals surface area contributed by atoms with Gasteiger partial charge in [-0.1, -0.05) is 86.6 Å². The number of nitrogens with zero attached hydrogens (tertiary/aromatic N) is 10. The van der Waals surface area contributed by atoms with Gasteiger partial charge in [0.1, 0.15) is 34.7 Å². The van der Waals surface area contributed by atoms with Gasteiger partial charge in [0.05, 0.1) is 34.5 Å². The summed E-state index contributed by atoms with van der Waals surface area (Å²) in [5.41, 5.74) is 17.6. The zero-order chi connectivity index (χ0) is 83.4. The maximum Gasteiger partial charge on any atom is 0.410 e. The average Bonchev–Trinajstić information content (AvgIpc) is 1.60. The number of amides is 5. The van der Waals surface area contributed by atoms with Crippen LogP contribution in [-0.4, -0.2) is 181 Å². The molecule has 0 spiro atoms. The van der Waals surface area contributed by atoms with Crippen molar-refractivity contribution in [2.24, 2.45) is 0 Å². The molecule has 0 radical (unpaired) electrons. The van der Waals surface area contributed by atoms with Gasteiger partial charge in [0.2, 0.25) is 0 Å². The highest BCUT2D eigenvalue weighted by Crippen LogP contribution is 2.35. The minimum atomic E-state index is -0.398. The maximum absolute atomic E-state index is 13.6. The van der Waals surface area contributed by atoms with Crippen LogP contribution in [0.1, 0.15) is 191 Å². The van der Waals surface area contributed by atoms with Crippen molar-refractivity contribution in [3.63, 3.8) is 0 Å². The number of benzene rings is 4. The summed E-state index contributed by atoms with van der Waals surface area (Å²) in [6.45, 7) is 33.9. The fourth-order valence-corrected chi connectivity index (χ4v) is 15.2. The molecule has 118 heavy (non-hydrogen) atoms. The molecule has 27 heteroatoms. The third-order valence-electron chi connectivity index (χ3n) is 21.8. The highest BCUT2D eigenvalue weighted by atomic mass is 16.6. The molecule has 2 atom stereocenters. The molecule has 0 unspecified atom stereocenters. The number of hydrogen-bond donors (Lipinski definition) is 8. The van der Waals surface area contributed by atoms with E-state index in [0.717, 1.165) is 173 Å². The first-order chi connectivity index (χ1) is 57.1. The van der Waals surface area contributed by atoms with Crippen molar-refractivity contribution < 1.29 is 43.0 Å². The molecule has 4 fully saturated rings. The molecule has 0 bridgehead atoms. The number of rotatable bonds is 25. The molecule has 5 amide bonds. The topological polar surface area (TPSA) is 320 Å². The van der Waals surface area contributed by atoms with Crippen LogP contribution in [0.2, 0.25) is 0 Å². The lowest BCUT2D eigenvalue weighted by molar-refractivity contribution is 0.0200. The van der Waals surface area contributed by atoms with Gasteiger partial charge in [-0.25, -0.2) is 34.1 Å². The normalized spacial score (nSPS) is 16.0. The first-order valence-corrected chi connectivity index (χ1v) is 41.6. The summed E-state index contributed by atoms with van der Waals surface area (Å²) >= 11 is 0. The van der Waals surface area contributed by atoms with E-state index in [2.05, 4.69) is 146 Å². The highest BCUT2D eigenvalue weighted by molar-refractivity contribution is 5.99. The van der Waals surface area contributed by atoms with E-state index in [4.69, 9.17) is 24.2 Å². The molecule has 622 valence electrons. The van der Waals surface area contributed by atoms with Crippen LogP contribution in [-0.2, 0) is 72.9 Å². The van der Waals surface area contributed by atoms with E-state index in [9.17, 15) is 28.8 Å². The van der Waals surface area contributed by atoms with Crippen LogP contribution in [0, 0.1) is 13.8 Å². The number of aldehydes is 1. The van der Waals surface area contributed by atoms with Crippen molar-refractivity contribution in [1.29, 1.82) is 0 Å². The lowest BCUT2D eigenvalue weighted by Crippen LogP contribution is -2.52. The number of pyridine rings is 4. The standard InChI is InChI=1S/C43H53N9O3.C38H41N7O4.C10H20N2O2/c1-5-37-35(40(48-33-15-19-55-20-16-33)36-26-47-52(6-2)41(36)50-37)25-46-43(54)39-12-8-11-38(49-39)42(53)45-24-30-14-13-28(3)34(22-30)32-10-7-9-31(21-32)27-51-18-17-44-23-29(51)4;1-4-32-30(35(42-28-14-16-49-17-15-28)31-22-41-45(5-2)36(31)44-32)21-40-38(48)34-11-7-10-33(43-34)37(47)39-20-25-13-12-24(3)29(19-25)27-9-6-8-26(18-27)23-46;1-8-7-12(6-5-11-8)9(13)14-10(2,3)4/h7-14,21-22,26,29,33,44H,5-6,15-20,23-25,27H2,1-4H3,(H,45,53)(H,46,54)(H,48,50);6-13,18-19,22-23,28H,4-5,14-17,20-21H2,1-3H3,(H,39,47)(H,40,48)(H,42,44);8,11H,5-7H2,1-4H3/t29-;;8-/m0.0/s1. The van der Waals surface area contributed by atoms with E-state index in [0.29, 0.717) is 76.6 Å². The molecule has 4 aliphatic rings. The van der Waals surface area contributed by atoms with Gasteiger partial charge in [-0.2, -0.15) is 10.2 Å². The van der Waals surface area contributed by atoms with Crippen molar-refractivity contribution in [1.82, 2.24) is 81.2 Å². The number of ether oxygens (including phenoxy) is 3. The van der Waals surface area contributed by atoms with E-state index in [1.165, 1.54) is 11.1 Å². The number of nitrogens with one attached hydrogen (secondary N) is 8. The molecule has 10 aromatic rings. The summed E-state index contributed by atoms with van der Waals surface area (Å²) in [5, 5.41) is 37.3. The zero-order valence-corrected chi connectivity index (χ0v) is 70.0. The summed E-state index contributed by atoms with van der Waals surface area (Å²) in [5.74, 6) is -1.49. The number of carbonyl (C=O) groups excluding carboxylic acids is 6. The predicted octanol–water partition coefficient (Wildman–Crippen LogP) is 12.5. The Bertz CT molecular complexity index is 5180. The number of aryl methyl sites for hydroxylation is 6. The molecule has 6 aromatic heterocycles. The van der Waals surface area contributed by atoms with Gasteiger partial charge in [-0.3, -0.25) is 28.9 Å². The summed E-state index contributed by atoms with van der Waals surface area (Å²) in [6.07, 6.45) is 9.26. The Morgan fingerprint density at radius 2 is 1.02 bits per heavy atom. The van der Waals surface area contributed by atoms with Crippen LogP contribution in [0.25, 0.3) is 44.3 Å². The Labute approximate surface area is 691 Å². The number of piperazine rings is 2. The van der Waals surface area contributed by atoms with Gasteiger partial charge in [0.25, 0.3) is 23.6 Å². The van der Waals surface area contributed by atoms with E-state index in [1.54, 1.807) is 47.4 Å². The third kappa shape index (κ3) is 22.3. The van der Waals surface area contributed by atoms with Crippen LogP contribution < -0.4 is 42.5 Å². The minimum absolute atomic E-state index is 0.143. The van der Waals surface area contributed by atoms with Gasteiger partial charge in [0.15, 0.2) is 11.3 Å². The van der Waals surface area contributed by atoms with Crippen molar-refractivity contribution in [2.45, 2.75) is 190 Å². The van der Waals surface area contributed by atoms with E-state index < -0.39 is 11.5 Å². The predicted molar refractivity (Wildman–Crippen MR) is 460 cm³/mol. The van der Waals surface area contributed by atoms with Crippen molar-refractivity contribution in [3.05, 3.63) is 212 Å². The van der Waals surface area contributed by atoms with Gasteiger partial charge in [0, 0.05) is 164 Å². The number of carbonyl (C=O) groups is 6. The third-order valence-corrected chi connectivity index (χ3v) is 21.8. The number of fused-ring (bicyclic) bond motifs is 2. The van der Waals surface area contributed by atoms with Crippen LogP contribution in [0.15, 0.2) is 134 Å². The van der Waals surface area contributed by atoms with E-state index >= 15 is 0 Å². The van der Waals surface area contributed by atoms with Crippen LogP contribution >= 0.6 is 0 Å². The molecular weight excluding hydrogens is 1490 g/mol. The van der Waals surface area contributed by atoms with Gasteiger partial charge >= 0.3 is 6.09 Å². The summed E-state index contributed by atoms with van der Waals surface area (Å²) in [4.78, 5) is 99.5. The van der Waals surface area contributed by atoms with Crippen molar-refractivity contribution >= 4 is 69.4 Å². The SMILES string of the molecule is CCc1nc2c(cnn2CC)c(NC2CCOCC2)c1CNC(=O)c1cccc(C(=O)NCc2ccc(C)c(-c3cccc(C=O)c3)c2)n1.CCc1nc2c(cnn2CC)c(NC2CCOCC2)c1CNC(=O)c1cccc(C(=O)NCc2ccc(C)c(-c3cccc(CN4CCNC[C@@H]4C)c3)c2)n1.C[C@H]1CN(C(=O)OC(C)(C)C)CCN1. The number of hydrogen-bond acceptors (Lipinski definition) is 20. The lowest BCUT2D eigenvalue weighted by Gasteiger charge is -2.34. The largest absolute Gasteiger partial charge is 0.444 e. The first kappa shape index (κ1) is 86.0. The lowest BCUT2D eigenvalue weighted by atomic mass is 9.96. The maximum atomic E-state index is 13.6. The van der Waals surface area contributed by atoms with Gasteiger partial charge < -0.3 is 61.6 Å². The second-order valence-corrected chi connectivity index (χ2v) is 31.6. The van der Waals surface area contributed by atoms with Crippen LogP contribution in [0.3, 0.4) is 0 Å². The number of anilines is 2. The average molecular weight is 1600 g/mol. The first-order valence-electron chi connectivity index (χ1n) is 41.6. The summed E-state index contributed by atoms with van der Waals surface area (Å²) < 4.78 is 20.2. The molecule has 27 nitrogen and oxygen atoms in total. The molecule has 8 N–H and O–H groups in total. The Kier molecular flexibility index (Phi) is 29.6. The Balaban J connectivity index is 0.000000187. The Morgan fingerprint density at radius 1 is 0.551 bits per heavy atom. The highest BCUT2D eigenvalue weighted by Gasteiger charge is 2.29. The molecule has 4 saturated heterocycles. The zero-order valence-electron chi connectivity index (χ0n) is 70.0. The monoisotopic (exact) mass is 1600 g/mol. The number of aromatic nitrogens is 8. The molecule has 0 saturated carbocycles. The second kappa shape index (κ2) is 40.7. The van der Waals surface area contributed by atoms with Crippen molar-refractivity contribution in [3.8, 4) is 22.3 Å². The quantitative estimate of drug-likeness (QED) is 0.0246. The molecule has 0 aliphatic carbocycles. The Morgan fingerprint density at radius 3 is 1.47 bits per heavy atom. The summed E-state index contributed by atoms with van der Waals surface area (Å²) in [6, 6.07) is 39.5. The van der Waals surface area contributed by atoms with Crippen LogP contribution in [0.4, 0.5) is 16.2 Å².